The number of hydrogen-bond donors (Lipinski definition) is 0. The molecule has 1 amide bonds. The van der Waals surface area contributed by atoms with Gasteiger partial charge in [0.2, 0.25) is 11.7 Å². The van der Waals surface area contributed by atoms with Crippen molar-refractivity contribution in [3.63, 3.8) is 0 Å². The first-order chi connectivity index (χ1) is 12.9. The molecule has 1 aromatic carbocycles. The Morgan fingerprint density at radius 2 is 1.89 bits per heavy atom. The molecule has 0 unspecified atom stereocenters. The lowest BCUT2D eigenvalue weighted by Crippen LogP contribution is -2.48. The van der Waals surface area contributed by atoms with Crippen LogP contribution in [0.3, 0.4) is 0 Å². The van der Waals surface area contributed by atoms with E-state index in [1.54, 1.807) is 29.4 Å². The molecule has 1 aliphatic rings. The molecule has 2 aromatic heterocycles. The Hall–Kier alpha value is -3.23. The molecule has 9 heteroatoms. The Balaban J connectivity index is 1.45. The van der Waals surface area contributed by atoms with Gasteiger partial charge in [-0.05, 0) is 24.3 Å². The number of amides is 1. The molecule has 1 aliphatic heterocycles. The number of alkyl halides is 3. The lowest BCUT2D eigenvalue weighted by atomic mass is 9.99. The first kappa shape index (κ1) is 17.2. The second-order valence-electron chi connectivity index (χ2n) is 6.18. The van der Waals surface area contributed by atoms with E-state index in [4.69, 9.17) is 4.52 Å². The fraction of sp³-hybridized carbons (Fsp3) is 0.222. The molecule has 3 heterocycles. The van der Waals surface area contributed by atoms with E-state index < -0.39 is 11.7 Å². The summed E-state index contributed by atoms with van der Waals surface area (Å²) in [7, 11) is 0. The van der Waals surface area contributed by atoms with Crippen LogP contribution in [0.25, 0.3) is 11.4 Å². The van der Waals surface area contributed by atoms with Crippen LogP contribution < -0.4 is 0 Å². The fourth-order valence-electron chi connectivity index (χ4n) is 2.83. The largest absolute Gasteiger partial charge is 0.416 e. The Kier molecular flexibility index (Phi) is 4.14. The highest BCUT2D eigenvalue weighted by Gasteiger charge is 2.36. The fourth-order valence-corrected chi connectivity index (χ4v) is 2.83. The van der Waals surface area contributed by atoms with Crippen LogP contribution in [0.2, 0.25) is 0 Å². The monoisotopic (exact) mass is 374 g/mol. The molecule has 0 spiro atoms. The molecule has 27 heavy (non-hydrogen) atoms. The van der Waals surface area contributed by atoms with Crippen molar-refractivity contribution in [2.24, 2.45) is 0 Å². The molecule has 138 valence electrons. The summed E-state index contributed by atoms with van der Waals surface area (Å²) in [5.74, 6) is 0.144. The SMILES string of the molecule is O=C(c1ccncc1)N1CC(c2nc(-c3cccc(C(F)(F)F)c3)no2)C1. The summed E-state index contributed by atoms with van der Waals surface area (Å²) in [6.45, 7) is 0.816. The molecule has 4 rings (SSSR count). The summed E-state index contributed by atoms with van der Waals surface area (Å²) in [4.78, 5) is 22.0. The minimum atomic E-state index is -4.44. The van der Waals surface area contributed by atoms with Crippen LogP contribution in [-0.2, 0) is 6.18 Å². The van der Waals surface area contributed by atoms with E-state index in [1.807, 2.05) is 0 Å². The number of aromatic nitrogens is 3. The van der Waals surface area contributed by atoms with Gasteiger partial charge in [0.25, 0.3) is 5.91 Å². The summed E-state index contributed by atoms with van der Waals surface area (Å²) in [6.07, 6.45) is -1.35. The molecule has 1 fully saturated rings. The highest BCUT2D eigenvalue weighted by atomic mass is 19.4. The van der Waals surface area contributed by atoms with Crippen LogP contribution in [0.5, 0.6) is 0 Å². The van der Waals surface area contributed by atoms with Gasteiger partial charge >= 0.3 is 6.18 Å². The number of nitrogens with zero attached hydrogens (tertiary/aromatic N) is 4. The maximum atomic E-state index is 12.8. The summed E-state index contributed by atoms with van der Waals surface area (Å²) < 4.78 is 43.7. The second kappa shape index (κ2) is 6.49. The average Bonchev–Trinajstić information content (AvgIpc) is 3.10. The van der Waals surface area contributed by atoms with E-state index >= 15 is 0 Å². The predicted molar refractivity (Wildman–Crippen MR) is 87.6 cm³/mol. The van der Waals surface area contributed by atoms with Crippen LogP contribution >= 0.6 is 0 Å². The number of carbonyl (C=O) groups is 1. The first-order valence-electron chi connectivity index (χ1n) is 8.12. The number of rotatable bonds is 3. The number of halogens is 3. The Morgan fingerprint density at radius 1 is 1.15 bits per heavy atom. The average molecular weight is 374 g/mol. The van der Waals surface area contributed by atoms with Crippen molar-refractivity contribution in [3.05, 3.63) is 65.8 Å². The van der Waals surface area contributed by atoms with Crippen LogP contribution in [-0.4, -0.2) is 39.0 Å². The van der Waals surface area contributed by atoms with Gasteiger partial charge in [-0.1, -0.05) is 17.3 Å². The molecule has 3 aromatic rings. The molecule has 0 N–H and O–H groups in total. The summed E-state index contributed by atoms with van der Waals surface area (Å²) in [5.41, 5.74) is -0.00776. The quantitative estimate of drug-likeness (QED) is 0.703. The molecular weight excluding hydrogens is 361 g/mol. The zero-order valence-corrected chi connectivity index (χ0v) is 13.8. The van der Waals surface area contributed by atoms with Gasteiger partial charge in [0.05, 0.1) is 11.5 Å². The van der Waals surface area contributed by atoms with Crippen LogP contribution in [0.1, 0.15) is 27.7 Å². The smallest absolute Gasteiger partial charge is 0.339 e. The van der Waals surface area contributed by atoms with E-state index in [9.17, 15) is 18.0 Å². The van der Waals surface area contributed by atoms with E-state index in [2.05, 4.69) is 15.1 Å². The lowest BCUT2D eigenvalue weighted by molar-refractivity contribution is -0.137. The molecule has 6 nitrogen and oxygen atoms in total. The van der Waals surface area contributed by atoms with E-state index in [0.717, 1.165) is 12.1 Å². The van der Waals surface area contributed by atoms with Gasteiger partial charge in [0, 0.05) is 36.6 Å². The van der Waals surface area contributed by atoms with Crippen molar-refractivity contribution in [2.75, 3.05) is 13.1 Å². The molecule has 0 radical (unpaired) electrons. The minimum Gasteiger partial charge on any atom is -0.339 e. The highest BCUT2D eigenvalue weighted by Crippen LogP contribution is 2.32. The Bertz CT molecular complexity index is 966. The lowest BCUT2D eigenvalue weighted by Gasteiger charge is -2.37. The van der Waals surface area contributed by atoms with Gasteiger partial charge in [0.1, 0.15) is 0 Å². The van der Waals surface area contributed by atoms with Crippen molar-refractivity contribution < 1.29 is 22.5 Å². The topological polar surface area (TPSA) is 72.1 Å². The molecule has 0 saturated carbocycles. The zero-order chi connectivity index (χ0) is 19.0. The van der Waals surface area contributed by atoms with Crippen molar-refractivity contribution >= 4 is 5.91 Å². The molecule has 0 bridgehead atoms. The minimum absolute atomic E-state index is 0.0926. The van der Waals surface area contributed by atoms with Crippen LogP contribution in [0, 0.1) is 0 Å². The van der Waals surface area contributed by atoms with Gasteiger partial charge in [-0.2, -0.15) is 18.2 Å². The van der Waals surface area contributed by atoms with E-state index in [-0.39, 0.29) is 23.2 Å². The van der Waals surface area contributed by atoms with E-state index in [1.165, 1.54) is 12.1 Å². The van der Waals surface area contributed by atoms with Crippen molar-refractivity contribution in [3.8, 4) is 11.4 Å². The predicted octanol–water partition coefficient (Wildman–Crippen LogP) is 3.39. The third kappa shape index (κ3) is 3.40. The molecule has 1 saturated heterocycles. The summed E-state index contributed by atoms with van der Waals surface area (Å²) >= 11 is 0. The number of likely N-dealkylation sites (tertiary alicyclic amines) is 1. The van der Waals surface area contributed by atoms with Gasteiger partial charge < -0.3 is 9.42 Å². The number of benzene rings is 1. The number of hydrogen-bond acceptors (Lipinski definition) is 5. The maximum Gasteiger partial charge on any atom is 0.416 e. The van der Waals surface area contributed by atoms with E-state index in [0.29, 0.717) is 24.5 Å². The maximum absolute atomic E-state index is 12.8. The van der Waals surface area contributed by atoms with Crippen LogP contribution in [0.4, 0.5) is 13.2 Å². The summed E-state index contributed by atoms with van der Waals surface area (Å²) in [5, 5.41) is 3.78. The van der Waals surface area contributed by atoms with Crippen molar-refractivity contribution in [1.82, 2.24) is 20.0 Å². The molecule has 0 atom stereocenters. The zero-order valence-electron chi connectivity index (χ0n) is 13.8. The number of pyridine rings is 1. The summed E-state index contributed by atoms with van der Waals surface area (Å²) in [6, 6.07) is 8.02. The van der Waals surface area contributed by atoms with Crippen molar-refractivity contribution in [2.45, 2.75) is 12.1 Å². The first-order valence-corrected chi connectivity index (χ1v) is 8.12. The highest BCUT2D eigenvalue weighted by molar-refractivity contribution is 5.94. The number of carbonyl (C=O) groups excluding carboxylic acids is 1. The third-order valence-electron chi connectivity index (χ3n) is 4.34. The van der Waals surface area contributed by atoms with Crippen molar-refractivity contribution in [1.29, 1.82) is 0 Å². The van der Waals surface area contributed by atoms with Gasteiger partial charge in [-0.25, -0.2) is 0 Å². The molecule has 0 aliphatic carbocycles. The standard InChI is InChI=1S/C18H13F3N4O2/c19-18(20,21)14-3-1-2-12(8-14)15-23-16(27-24-15)13-9-25(10-13)17(26)11-4-6-22-7-5-11/h1-8,13H,9-10H2. The molecular formula is C18H13F3N4O2. The third-order valence-corrected chi connectivity index (χ3v) is 4.34. The van der Waals surface area contributed by atoms with Gasteiger partial charge in [0.15, 0.2) is 0 Å². The Labute approximate surface area is 151 Å². The van der Waals surface area contributed by atoms with Gasteiger partial charge in [-0.15, -0.1) is 0 Å². The second-order valence-corrected chi connectivity index (χ2v) is 6.18. The van der Waals surface area contributed by atoms with Crippen LogP contribution in [0.15, 0.2) is 53.3 Å². The van der Waals surface area contributed by atoms with Gasteiger partial charge in [-0.3, -0.25) is 9.78 Å². The normalized spacial score (nSPS) is 14.9. The Morgan fingerprint density at radius 3 is 2.59 bits per heavy atom.